The molecule has 1 aliphatic carbocycles. The summed E-state index contributed by atoms with van der Waals surface area (Å²) in [7, 11) is 0. The van der Waals surface area contributed by atoms with Crippen LogP contribution in [-0.2, 0) is 0 Å². The van der Waals surface area contributed by atoms with Crippen LogP contribution in [0.15, 0.2) is 70.2 Å². The van der Waals surface area contributed by atoms with E-state index >= 15 is 0 Å². The highest BCUT2D eigenvalue weighted by Gasteiger charge is 2.30. The largest absolute Gasteiger partial charge is 0.301 e. The van der Waals surface area contributed by atoms with E-state index < -0.39 is 15.5 Å². The van der Waals surface area contributed by atoms with Gasteiger partial charge in [-0.15, -0.1) is 11.8 Å². The van der Waals surface area contributed by atoms with Crippen molar-refractivity contribution in [2.24, 2.45) is 5.10 Å². The molecule has 1 atom stereocenters. The molecular formula is C20H20N4O4S. The summed E-state index contributed by atoms with van der Waals surface area (Å²) in [6.07, 6.45) is 6.89. The van der Waals surface area contributed by atoms with Gasteiger partial charge in [0.15, 0.2) is 0 Å². The van der Waals surface area contributed by atoms with Crippen LogP contribution in [0.2, 0.25) is 0 Å². The van der Waals surface area contributed by atoms with Crippen molar-refractivity contribution in [1.29, 1.82) is 0 Å². The van der Waals surface area contributed by atoms with Crippen molar-refractivity contribution in [2.75, 3.05) is 5.43 Å². The number of hydrogen-bond acceptors (Lipinski definition) is 7. The van der Waals surface area contributed by atoms with Crippen LogP contribution in [0.5, 0.6) is 0 Å². The first-order valence-electron chi connectivity index (χ1n) is 9.04. The fraction of sp³-hybridized carbons (Fsp3) is 0.250. The summed E-state index contributed by atoms with van der Waals surface area (Å²) in [5, 5.41) is 26.4. The lowest BCUT2D eigenvalue weighted by atomic mass is 9.91. The van der Waals surface area contributed by atoms with Crippen LogP contribution in [0.3, 0.4) is 0 Å². The summed E-state index contributed by atoms with van der Waals surface area (Å²) >= 11 is 1.68. The lowest BCUT2D eigenvalue weighted by Crippen LogP contribution is -2.27. The lowest BCUT2D eigenvalue weighted by Gasteiger charge is -2.30. The minimum atomic E-state index is -0.666. The molecule has 150 valence electrons. The molecule has 0 spiro atoms. The number of nitro groups is 2. The number of rotatable bonds is 7. The zero-order chi connectivity index (χ0) is 20.9. The monoisotopic (exact) mass is 412 g/mol. The van der Waals surface area contributed by atoms with Crippen LogP contribution < -0.4 is 5.43 Å². The third-order valence-electron chi connectivity index (χ3n) is 4.54. The third kappa shape index (κ3) is 5.20. The highest BCUT2D eigenvalue weighted by molar-refractivity contribution is 8.01. The van der Waals surface area contributed by atoms with Crippen molar-refractivity contribution in [3.63, 3.8) is 0 Å². The van der Waals surface area contributed by atoms with E-state index in [9.17, 15) is 20.2 Å². The van der Waals surface area contributed by atoms with Crippen molar-refractivity contribution in [1.82, 2.24) is 0 Å². The zero-order valence-electron chi connectivity index (χ0n) is 15.8. The molecule has 0 saturated heterocycles. The zero-order valence-corrected chi connectivity index (χ0v) is 16.6. The van der Waals surface area contributed by atoms with Gasteiger partial charge >= 0.3 is 5.69 Å². The highest BCUT2D eigenvalue weighted by Crippen LogP contribution is 2.41. The normalized spacial score (nSPS) is 19.0. The maximum atomic E-state index is 11.3. The third-order valence-corrected chi connectivity index (χ3v) is 5.85. The van der Waals surface area contributed by atoms with Gasteiger partial charge in [0.25, 0.3) is 5.69 Å². The molecule has 0 heterocycles. The van der Waals surface area contributed by atoms with Crippen LogP contribution >= 0.6 is 11.8 Å². The predicted octanol–water partition coefficient (Wildman–Crippen LogP) is 5.56. The predicted molar refractivity (Wildman–Crippen MR) is 115 cm³/mol. The molecule has 1 N–H and O–H groups in total. The fourth-order valence-corrected chi connectivity index (χ4v) is 4.56. The molecule has 2 aromatic rings. The fourth-order valence-electron chi connectivity index (χ4n) is 3.21. The van der Waals surface area contributed by atoms with E-state index in [4.69, 9.17) is 0 Å². The average molecular weight is 412 g/mol. The number of hydrogen-bond donors (Lipinski definition) is 1. The van der Waals surface area contributed by atoms with E-state index in [0.29, 0.717) is 0 Å². The Morgan fingerprint density at radius 2 is 1.90 bits per heavy atom. The van der Waals surface area contributed by atoms with Crippen molar-refractivity contribution < 1.29 is 9.85 Å². The van der Waals surface area contributed by atoms with Crippen LogP contribution in [0.25, 0.3) is 0 Å². The van der Waals surface area contributed by atoms with Crippen LogP contribution in [0.1, 0.15) is 26.2 Å². The molecule has 1 aliphatic rings. The van der Waals surface area contributed by atoms with Gasteiger partial charge in [-0.05, 0) is 44.4 Å². The van der Waals surface area contributed by atoms with Gasteiger partial charge in [-0.25, -0.2) is 0 Å². The van der Waals surface area contributed by atoms with Gasteiger partial charge in [0.2, 0.25) is 0 Å². The second-order valence-electron chi connectivity index (χ2n) is 6.80. The number of allylic oxidation sites excluding steroid dienone is 1. The SMILES string of the molecule is CC1=C[C@@](C=NNc2ccc([N+](=O)[O-])cc2[N+](=O)[O-])(Sc2ccccc2)CCC1. The van der Waals surface area contributed by atoms with Gasteiger partial charge in [0.1, 0.15) is 5.69 Å². The molecule has 9 heteroatoms. The average Bonchev–Trinajstić information content (AvgIpc) is 2.68. The van der Waals surface area contributed by atoms with Gasteiger partial charge in [-0.2, -0.15) is 5.10 Å². The Morgan fingerprint density at radius 3 is 2.55 bits per heavy atom. The van der Waals surface area contributed by atoms with Crippen molar-refractivity contribution in [3.8, 4) is 0 Å². The number of thioether (sulfide) groups is 1. The molecule has 0 fully saturated rings. The van der Waals surface area contributed by atoms with Gasteiger partial charge in [-0.3, -0.25) is 25.7 Å². The Labute approximate surface area is 172 Å². The first kappa shape index (κ1) is 20.5. The van der Waals surface area contributed by atoms with Gasteiger partial charge in [-0.1, -0.05) is 29.8 Å². The maximum absolute atomic E-state index is 11.3. The molecule has 29 heavy (non-hydrogen) atoms. The molecule has 0 bridgehead atoms. The molecule has 0 radical (unpaired) electrons. The van der Waals surface area contributed by atoms with Crippen LogP contribution in [0.4, 0.5) is 17.1 Å². The molecular weight excluding hydrogens is 392 g/mol. The lowest BCUT2D eigenvalue weighted by molar-refractivity contribution is -0.393. The molecule has 0 aliphatic heterocycles. The maximum Gasteiger partial charge on any atom is 0.301 e. The molecule has 2 aromatic carbocycles. The van der Waals surface area contributed by atoms with Gasteiger partial charge in [0, 0.05) is 17.2 Å². The summed E-state index contributed by atoms with van der Waals surface area (Å²) in [6.45, 7) is 2.09. The number of anilines is 1. The number of non-ortho nitro benzene ring substituents is 1. The Kier molecular flexibility index (Phi) is 6.28. The minimum Gasteiger partial charge on any atom is -0.272 e. The van der Waals surface area contributed by atoms with E-state index in [1.54, 1.807) is 18.0 Å². The number of hydrazone groups is 1. The van der Waals surface area contributed by atoms with Crippen LogP contribution in [0, 0.1) is 20.2 Å². The van der Waals surface area contributed by atoms with Crippen LogP contribution in [-0.4, -0.2) is 20.8 Å². The Hall–Kier alpha value is -3.20. The van der Waals surface area contributed by atoms with Crippen molar-refractivity contribution >= 4 is 35.0 Å². The minimum absolute atomic E-state index is 0.105. The molecule has 0 aromatic heterocycles. The summed E-state index contributed by atoms with van der Waals surface area (Å²) in [6, 6.07) is 13.4. The number of nitrogens with zero attached hydrogens (tertiary/aromatic N) is 3. The summed E-state index contributed by atoms with van der Waals surface area (Å²) in [5.41, 5.74) is 3.34. The smallest absolute Gasteiger partial charge is 0.272 e. The van der Waals surface area contributed by atoms with E-state index in [0.717, 1.165) is 30.2 Å². The van der Waals surface area contributed by atoms with Crippen molar-refractivity contribution in [3.05, 3.63) is 80.4 Å². The molecule has 0 unspecified atom stereocenters. The van der Waals surface area contributed by atoms with Crippen molar-refractivity contribution in [2.45, 2.75) is 35.8 Å². The van der Waals surface area contributed by atoms with E-state index in [2.05, 4.69) is 23.5 Å². The van der Waals surface area contributed by atoms with Gasteiger partial charge in [0.05, 0.1) is 20.7 Å². The number of nitro benzene ring substituents is 2. The topological polar surface area (TPSA) is 111 Å². The first-order valence-corrected chi connectivity index (χ1v) is 9.86. The molecule has 8 nitrogen and oxygen atoms in total. The molecule has 3 rings (SSSR count). The first-order chi connectivity index (χ1) is 13.9. The summed E-state index contributed by atoms with van der Waals surface area (Å²) in [4.78, 5) is 21.9. The highest BCUT2D eigenvalue weighted by atomic mass is 32.2. The van der Waals surface area contributed by atoms with E-state index in [1.165, 1.54) is 17.7 Å². The standard InChI is InChI=1S/C20H20N4O4S/c1-15-6-5-11-20(13-15,29-17-7-3-2-4-8-17)14-21-22-18-10-9-16(23(25)26)12-19(18)24(27)28/h2-4,7-10,12-14,22H,5-6,11H2,1H3/t20-/m0/s1. The number of benzene rings is 2. The number of nitrogens with one attached hydrogen (secondary N) is 1. The Balaban J connectivity index is 1.86. The Morgan fingerprint density at radius 1 is 1.14 bits per heavy atom. The second-order valence-corrected chi connectivity index (χ2v) is 8.24. The molecule has 0 saturated carbocycles. The van der Waals surface area contributed by atoms with E-state index in [-0.39, 0.29) is 16.1 Å². The van der Waals surface area contributed by atoms with E-state index in [1.807, 2.05) is 30.3 Å². The summed E-state index contributed by atoms with van der Waals surface area (Å²) in [5.74, 6) is 0. The Bertz CT molecular complexity index is 978. The quantitative estimate of drug-likeness (QED) is 0.276. The molecule has 0 amide bonds. The van der Waals surface area contributed by atoms with Gasteiger partial charge < -0.3 is 0 Å². The second kappa shape index (κ2) is 8.87. The summed E-state index contributed by atoms with van der Waals surface area (Å²) < 4.78 is -0.369.